The molecular formula is C13H10N2O5S2. The van der Waals surface area contributed by atoms with Gasteiger partial charge in [0.15, 0.2) is 0 Å². The summed E-state index contributed by atoms with van der Waals surface area (Å²) >= 11 is 0. The number of hydrogen-bond donors (Lipinski definition) is 1. The van der Waals surface area contributed by atoms with Gasteiger partial charge in [-0.15, -0.1) is 3.71 Å². The lowest BCUT2D eigenvalue weighted by atomic mass is 10.2. The summed E-state index contributed by atoms with van der Waals surface area (Å²) in [6.45, 7) is 0. The van der Waals surface area contributed by atoms with E-state index in [1.165, 1.54) is 36.4 Å². The van der Waals surface area contributed by atoms with Gasteiger partial charge in [0.2, 0.25) is 0 Å². The summed E-state index contributed by atoms with van der Waals surface area (Å²) in [7, 11) is -8.99. The lowest BCUT2D eigenvalue weighted by molar-refractivity contribution is 0.0928. The van der Waals surface area contributed by atoms with E-state index < -0.39 is 26.0 Å². The van der Waals surface area contributed by atoms with Crippen LogP contribution in [-0.4, -0.2) is 26.5 Å². The number of benzene rings is 2. The van der Waals surface area contributed by atoms with Gasteiger partial charge in [-0.25, -0.2) is 0 Å². The minimum Gasteiger partial charge on any atom is -0.399 e. The van der Waals surface area contributed by atoms with Gasteiger partial charge in [0.05, 0.1) is 10.5 Å². The van der Waals surface area contributed by atoms with Crippen LogP contribution in [0.1, 0.15) is 10.4 Å². The van der Waals surface area contributed by atoms with Gasteiger partial charge in [0.25, 0.3) is 26.0 Å². The number of sulfonamides is 2. The van der Waals surface area contributed by atoms with Crippen molar-refractivity contribution in [3.63, 3.8) is 0 Å². The molecule has 1 aliphatic rings. The molecule has 0 aromatic heterocycles. The number of hydrogen-bond acceptors (Lipinski definition) is 6. The van der Waals surface area contributed by atoms with Crippen LogP contribution in [0.4, 0.5) is 5.69 Å². The average molecular weight is 338 g/mol. The van der Waals surface area contributed by atoms with Crippen molar-refractivity contribution in [3.8, 4) is 0 Å². The molecule has 0 saturated heterocycles. The van der Waals surface area contributed by atoms with Crippen LogP contribution in [0.25, 0.3) is 0 Å². The van der Waals surface area contributed by atoms with Crippen LogP contribution in [0, 0.1) is 0 Å². The molecule has 2 aromatic rings. The lowest BCUT2D eigenvalue weighted by Crippen LogP contribution is -2.36. The second kappa shape index (κ2) is 4.55. The monoisotopic (exact) mass is 338 g/mol. The molecule has 0 fully saturated rings. The topological polar surface area (TPSA) is 115 Å². The van der Waals surface area contributed by atoms with Gasteiger partial charge in [0.1, 0.15) is 4.90 Å². The summed E-state index contributed by atoms with van der Waals surface area (Å²) in [6, 6.07) is 10.3. The molecule has 1 amide bonds. The van der Waals surface area contributed by atoms with E-state index in [2.05, 4.69) is 0 Å². The second-order valence-corrected chi connectivity index (χ2v) is 8.35. The van der Waals surface area contributed by atoms with Crippen LogP contribution in [0.2, 0.25) is 0 Å². The van der Waals surface area contributed by atoms with E-state index in [4.69, 9.17) is 5.73 Å². The van der Waals surface area contributed by atoms with Crippen molar-refractivity contribution in [2.45, 2.75) is 9.79 Å². The average Bonchev–Trinajstić information content (AvgIpc) is 2.67. The molecular weight excluding hydrogens is 328 g/mol. The molecule has 0 unspecified atom stereocenters. The molecule has 114 valence electrons. The first kappa shape index (κ1) is 14.5. The minimum atomic E-state index is -4.54. The summed E-state index contributed by atoms with van der Waals surface area (Å²) < 4.78 is 49.7. The predicted octanol–water partition coefficient (Wildman–Crippen LogP) is 0.802. The smallest absolute Gasteiger partial charge is 0.283 e. The molecule has 0 atom stereocenters. The van der Waals surface area contributed by atoms with Crippen molar-refractivity contribution in [2.75, 3.05) is 5.73 Å². The first-order valence-electron chi connectivity index (χ1n) is 6.06. The molecule has 2 aromatic carbocycles. The van der Waals surface area contributed by atoms with Crippen LogP contribution in [0.3, 0.4) is 0 Å². The summed E-state index contributed by atoms with van der Waals surface area (Å²) in [5, 5.41) is 0. The number of carbonyl (C=O) groups is 1. The van der Waals surface area contributed by atoms with Crippen LogP contribution in [-0.2, 0) is 20.0 Å². The van der Waals surface area contributed by atoms with Gasteiger partial charge in [0, 0.05) is 5.69 Å². The van der Waals surface area contributed by atoms with Crippen molar-refractivity contribution < 1.29 is 21.6 Å². The maximum Gasteiger partial charge on any atom is 0.283 e. The third-order valence-corrected chi connectivity index (χ3v) is 7.34. The predicted molar refractivity (Wildman–Crippen MR) is 77.8 cm³/mol. The van der Waals surface area contributed by atoms with E-state index in [9.17, 15) is 21.6 Å². The highest BCUT2D eigenvalue weighted by Crippen LogP contribution is 2.34. The van der Waals surface area contributed by atoms with Gasteiger partial charge < -0.3 is 5.73 Å². The quantitative estimate of drug-likeness (QED) is 0.810. The van der Waals surface area contributed by atoms with E-state index in [1.807, 2.05) is 0 Å². The summed E-state index contributed by atoms with van der Waals surface area (Å²) in [4.78, 5) is 11.6. The van der Waals surface area contributed by atoms with Crippen LogP contribution in [0.5, 0.6) is 0 Å². The van der Waals surface area contributed by atoms with Gasteiger partial charge in [-0.3, -0.25) is 4.79 Å². The molecule has 9 heteroatoms. The van der Waals surface area contributed by atoms with Crippen molar-refractivity contribution in [1.82, 2.24) is 3.71 Å². The molecule has 22 heavy (non-hydrogen) atoms. The fourth-order valence-electron chi connectivity index (χ4n) is 2.14. The third kappa shape index (κ3) is 1.90. The van der Waals surface area contributed by atoms with E-state index in [0.29, 0.717) is 5.69 Å². The van der Waals surface area contributed by atoms with Gasteiger partial charge >= 0.3 is 0 Å². The SMILES string of the molecule is Nc1ccc(S(=O)(=O)N2C(=O)c3ccccc3S2(=O)=O)cc1. The number of fused-ring (bicyclic) bond motifs is 1. The highest BCUT2D eigenvalue weighted by Gasteiger charge is 2.48. The molecule has 1 heterocycles. The van der Waals surface area contributed by atoms with Crippen LogP contribution in [0.15, 0.2) is 58.3 Å². The number of nitrogens with zero attached hydrogens (tertiary/aromatic N) is 1. The Kier molecular flexibility index (Phi) is 3.01. The zero-order valence-corrected chi connectivity index (χ0v) is 12.6. The lowest BCUT2D eigenvalue weighted by Gasteiger charge is -2.15. The maximum absolute atomic E-state index is 12.5. The first-order valence-corrected chi connectivity index (χ1v) is 8.94. The minimum absolute atomic E-state index is 0.0732. The van der Waals surface area contributed by atoms with E-state index in [1.54, 1.807) is 0 Å². The zero-order valence-electron chi connectivity index (χ0n) is 11.0. The number of nitrogens with two attached hydrogens (primary N) is 1. The van der Waals surface area contributed by atoms with Crippen molar-refractivity contribution in [2.24, 2.45) is 0 Å². The fourth-order valence-corrected chi connectivity index (χ4v) is 5.84. The van der Waals surface area contributed by atoms with Gasteiger partial charge in [-0.05, 0) is 36.4 Å². The Balaban J connectivity index is 2.22. The summed E-state index contributed by atoms with van der Waals surface area (Å²) in [6.07, 6.45) is 0. The van der Waals surface area contributed by atoms with Gasteiger partial charge in [-0.1, -0.05) is 12.1 Å². The number of anilines is 1. The van der Waals surface area contributed by atoms with Gasteiger partial charge in [-0.2, -0.15) is 16.8 Å². The molecule has 1 aliphatic heterocycles. The largest absolute Gasteiger partial charge is 0.399 e. The van der Waals surface area contributed by atoms with Crippen molar-refractivity contribution in [1.29, 1.82) is 0 Å². The molecule has 2 N–H and O–H groups in total. The zero-order chi connectivity index (χ0) is 16.1. The maximum atomic E-state index is 12.5. The molecule has 0 saturated carbocycles. The van der Waals surface area contributed by atoms with E-state index in [0.717, 1.165) is 12.1 Å². The summed E-state index contributed by atoms with van der Waals surface area (Å²) in [5.41, 5.74) is 5.63. The number of carbonyl (C=O) groups excluding carboxylic acids is 1. The van der Waals surface area contributed by atoms with E-state index >= 15 is 0 Å². The normalized spacial score (nSPS) is 16.5. The Morgan fingerprint density at radius 2 is 1.55 bits per heavy atom. The van der Waals surface area contributed by atoms with Crippen LogP contribution < -0.4 is 5.73 Å². The van der Waals surface area contributed by atoms with Crippen molar-refractivity contribution >= 4 is 31.6 Å². The Labute approximate surface area is 127 Å². The molecule has 0 bridgehead atoms. The first-order chi connectivity index (χ1) is 10.3. The highest BCUT2D eigenvalue weighted by molar-refractivity contribution is 8.05. The van der Waals surface area contributed by atoms with Crippen molar-refractivity contribution in [3.05, 3.63) is 54.1 Å². The molecule has 0 spiro atoms. The number of nitrogen functional groups attached to an aromatic ring is 1. The second-order valence-electron chi connectivity index (χ2n) is 4.58. The molecule has 7 nitrogen and oxygen atoms in total. The Morgan fingerprint density at radius 3 is 2.14 bits per heavy atom. The molecule has 3 rings (SSSR count). The number of amides is 1. The fraction of sp³-hybridized carbons (Fsp3) is 0. The third-order valence-electron chi connectivity index (χ3n) is 3.18. The van der Waals surface area contributed by atoms with E-state index in [-0.39, 0.29) is 19.1 Å². The molecule has 0 radical (unpaired) electrons. The Hall–Kier alpha value is -2.39. The summed E-state index contributed by atoms with van der Waals surface area (Å²) in [5.74, 6) is -1.09. The standard InChI is InChI=1S/C13H10N2O5S2/c14-9-5-7-10(8-6-9)21(17,18)15-13(16)11-3-1-2-4-12(11)22(15,19)20/h1-8H,14H2. The van der Waals surface area contributed by atoms with Crippen LogP contribution >= 0.6 is 0 Å². The molecule has 0 aliphatic carbocycles. The Morgan fingerprint density at radius 1 is 0.955 bits per heavy atom. The number of rotatable bonds is 2. The Bertz CT molecular complexity index is 979. The highest BCUT2D eigenvalue weighted by atomic mass is 32.3.